The maximum Gasteiger partial charge on any atom is 0.219 e. The molecule has 3 heterocycles. The number of likely N-dealkylation sites (tertiary alicyclic amines) is 2. The smallest absolute Gasteiger partial charge is 0.219 e. The Morgan fingerprint density at radius 1 is 1.41 bits per heavy atom. The van der Waals surface area contributed by atoms with Gasteiger partial charge >= 0.3 is 0 Å². The molecule has 1 aliphatic carbocycles. The third-order valence-electron chi connectivity index (χ3n) is 5.31. The maximum atomic E-state index is 11.3. The first-order valence-electron chi connectivity index (χ1n) is 7.74. The quantitative estimate of drug-likeness (QED) is 0.780. The van der Waals surface area contributed by atoms with Crippen LogP contribution in [0.4, 0.5) is 0 Å². The van der Waals surface area contributed by atoms with E-state index in [0.717, 1.165) is 39.0 Å². The minimum Gasteiger partial charge on any atom is -0.481 e. The van der Waals surface area contributed by atoms with E-state index in [9.17, 15) is 4.79 Å². The number of halogens is 1. The van der Waals surface area contributed by atoms with Crippen molar-refractivity contribution >= 4 is 17.5 Å². The molecule has 2 saturated heterocycles. The van der Waals surface area contributed by atoms with Crippen LogP contribution in [0, 0.1) is 5.41 Å². The number of aryl methyl sites for hydroxylation is 1. The molecule has 1 amide bonds. The topological polar surface area (TPSA) is 45.7 Å². The van der Waals surface area contributed by atoms with Gasteiger partial charge in [0.15, 0.2) is 0 Å². The summed E-state index contributed by atoms with van der Waals surface area (Å²) >= 11 is 6.06. The van der Waals surface area contributed by atoms with E-state index in [1.165, 1.54) is 11.1 Å². The first-order valence-corrected chi connectivity index (χ1v) is 8.12. The van der Waals surface area contributed by atoms with Gasteiger partial charge in [-0.1, -0.05) is 11.6 Å². The molecule has 1 aromatic heterocycles. The number of aromatic nitrogens is 1. The predicted molar refractivity (Wildman–Crippen MR) is 83.1 cm³/mol. The number of carbonyl (C=O) groups is 1. The Morgan fingerprint density at radius 2 is 2.14 bits per heavy atom. The average molecular weight is 322 g/mol. The summed E-state index contributed by atoms with van der Waals surface area (Å²) in [5.74, 6) is 0.862. The second kappa shape index (κ2) is 4.83. The molecule has 0 N–H and O–H groups in total. The zero-order valence-corrected chi connectivity index (χ0v) is 13.7. The van der Waals surface area contributed by atoms with Crippen molar-refractivity contribution in [2.24, 2.45) is 5.41 Å². The van der Waals surface area contributed by atoms with Crippen LogP contribution in [0.3, 0.4) is 0 Å². The summed E-state index contributed by atoms with van der Waals surface area (Å²) in [7, 11) is 1.66. The molecule has 5 nitrogen and oxygen atoms in total. The third kappa shape index (κ3) is 2.02. The van der Waals surface area contributed by atoms with E-state index < -0.39 is 0 Å². The fourth-order valence-corrected chi connectivity index (χ4v) is 4.50. The van der Waals surface area contributed by atoms with E-state index in [1.807, 2.05) is 11.0 Å². The largest absolute Gasteiger partial charge is 0.481 e. The van der Waals surface area contributed by atoms with Gasteiger partial charge in [0, 0.05) is 50.1 Å². The highest BCUT2D eigenvalue weighted by Gasteiger charge is 2.54. The van der Waals surface area contributed by atoms with Crippen molar-refractivity contribution in [2.75, 3.05) is 33.3 Å². The van der Waals surface area contributed by atoms with Crippen molar-refractivity contribution in [1.29, 1.82) is 0 Å². The minimum atomic E-state index is 0.191. The molecule has 0 radical (unpaired) electrons. The summed E-state index contributed by atoms with van der Waals surface area (Å²) in [4.78, 5) is 20.1. The molecular weight excluding hydrogens is 302 g/mol. The monoisotopic (exact) mass is 321 g/mol. The molecule has 4 rings (SSSR count). The van der Waals surface area contributed by atoms with Gasteiger partial charge in [-0.2, -0.15) is 0 Å². The molecular formula is C16H20ClN3O2. The Bertz CT molecular complexity index is 635. The maximum absolute atomic E-state index is 11.3. The molecule has 0 saturated carbocycles. The predicted octanol–water partition coefficient (Wildman–Crippen LogP) is 1.90. The second-order valence-corrected chi connectivity index (χ2v) is 7.25. The Kier molecular flexibility index (Phi) is 3.13. The zero-order valence-electron chi connectivity index (χ0n) is 12.9. The van der Waals surface area contributed by atoms with Gasteiger partial charge in [-0.25, -0.2) is 4.98 Å². The zero-order chi connectivity index (χ0) is 15.5. The lowest BCUT2D eigenvalue weighted by molar-refractivity contribution is -0.161. The lowest BCUT2D eigenvalue weighted by atomic mass is 9.72. The van der Waals surface area contributed by atoms with Crippen LogP contribution >= 0.6 is 11.6 Å². The van der Waals surface area contributed by atoms with E-state index >= 15 is 0 Å². The van der Waals surface area contributed by atoms with Crippen LogP contribution in [0.5, 0.6) is 5.88 Å². The van der Waals surface area contributed by atoms with Crippen LogP contribution in [0.2, 0.25) is 5.15 Å². The molecule has 2 aliphatic heterocycles. The Labute approximate surface area is 135 Å². The van der Waals surface area contributed by atoms with E-state index in [4.69, 9.17) is 16.3 Å². The van der Waals surface area contributed by atoms with Crippen LogP contribution in [0.15, 0.2) is 6.07 Å². The highest BCUT2D eigenvalue weighted by molar-refractivity contribution is 6.29. The number of carbonyl (C=O) groups excluding carboxylic acids is 1. The van der Waals surface area contributed by atoms with Crippen molar-refractivity contribution in [3.63, 3.8) is 0 Å². The molecule has 22 heavy (non-hydrogen) atoms. The molecule has 118 valence electrons. The van der Waals surface area contributed by atoms with Crippen LogP contribution < -0.4 is 4.74 Å². The molecule has 0 unspecified atom stereocenters. The lowest BCUT2D eigenvalue weighted by Gasteiger charge is -2.61. The summed E-state index contributed by atoms with van der Waals surface area (Å²) in [5.41, 5.74) is 2.81. The summed E-state index contributed by atoms with van der Waals surface area (Å²) in [6.07, 6.45) is 2.13. The standard InChI is InChI=1S/C16H20ClN3O2/c1-10(21)19-6-16(7-19)8-20(9-16)12-4-3-11-5-13(17)18-15(22-2)14(11)12/h5,12H,3-4,6-9H2,1-2H3/t12-/m0/s1. The van der Waals surface area contributed by atoms with Gasteiger partial charge in [-0.3, -0.25) is 9.69 Å². The van der Waals surface area contributed by atoms with Gasteiger partial charge in [0.2, 0.25) is 11.8 Å². The van der Waals surface area contributed by atoms with Gasteiger partial charge in [0.1, 0.15) is 5.15 Å². The van der Waals surface area contributed by atoms with Crippen LogP contribution in [-0.2, 0) is 11.2 Å². The summed E-state index contributed by atoms with van der Waals surface area (Å²) in [5, 5.41) is 0.507. The van der Waals surface area contributed by atoms with E-state index in [-0.39, 0.29) is 5.91 Å². The fraction of sp³-hybridized carbons (Fsp3) is 0.625. The van der Waals surface area contributed by atoms with Gasteiger partial charge in [0.05, 0.1) is 7.11 Å². The van der Waals surface area contributed by atoms with Crippen LogP contribution in [-0.4, -0.2) is 54.0 Å². The van der Waals surface area contributed by atoms with Crippen molar-refractivity contribution < 1.29 is 9.53 Å². The van der Waals surface area contributed by atoms with E-state index in [2.05, 4.69) is 9.88 Å². The number of ether oxygens (including phenoxy) is 1. The van der Waals surface area contributed by atoms with Gasteiger partial charge in [-0.05, 0) is 24.5 Å². The molecule has 6 heteroatoms. The number of fused-ring (bicyclic) bond motifs is 1. The average Bonchev–Trinajstić information content (AvgIpc) is 2.77. The first kappa shape index (κ1) is 14.3. The molecule has 3 aliphatic rings. The lowest BCUT2D eigenvalue weighted by Crippen LogP contribution is -2.72. The van der Waals surface area contributed by atoms with Crippen molar-refractivity contribution in [1.82, 2.24) is 14.8 Å². The first-order chi connectivity index (χ1) is 10.5. The van der Waals surface area contributed by atoms with Gasteiger partial charge < -0.3 is 9.64 Å². The molecule has 2 fully saturated rings. The van der Waals surface area contributed by atoms with Gasteiger partial charge in [0.25, 0.3) is 0 Å². The van der Waals surface area contributed by atoms with Gasteiger partial charge in [-0.15, -0.1) is 0 Å². The van der Waals surface area contributed by atoms with Crippen LogP contribution in [0.25, 0.3) is 0 Å². The fourth-order valence-electron chi connectivity index (χ4n) is 4.29. The molecule has 1 aromatic rings. The Hall–Kier alpha value is -1.33. The normalized spacial score (nSPS) is 25.6. The summed E-state index contributed by atoms with van der Waals surface area (Å²) in [6.45, 7) is 5.60. The molecule has 1 atom stereocenters. The minimum absolute atomic E-state index is 0.191. The van der Waals surface area contributed by atoms with Crippen molar-refractivity contribution in [3.8, 4) is 5.88 Å². The number of amides is 1. The van der Waals surface area contributed by atoms with E-state index in [1.54, 1.807) is 14.0 Å². The van der Waals surface area contributed by atoms with Crippen molar-refractivity contribution in [2.45, 2.75) is 25.8 Å². The number of pyridine rings is 1. The Morgan fingerprint density at radius 3 is 2.77 bits per heavy atom. The van der Waals surface area contributed by atoms with Crippen molar-refractivity contribution in [3.05, 3.63) is 22.3 Å². The van der Waals surface area contributed by atoms with E-state index in [0.29, 0.717) is 22.5 Å². The number of rotatable bonds is 2. The molecule has 1 spiro atoms. The third-order valence-corrected chi connectivity index (χ3v) is 5.50. The number of nitrogens with zero attached hydrogens (tertiary/aromatic N) is 3. The molecule has 0 aromatic carbocycles. The highest BCUT2D eigenvalue weighted by Crippen LogP contribution is 2.49. The highest BCUT2D eigenvalue weighted by atomic mass is 35.5. The number of hydrogen-bond donors (Lipinski definition) is 0. The summed E-state index contributed by atoms with van der Waals surface area (Å²) in [6, 6.07) is 2.35. The molecule has 0 bridgehead atoms. The number of methoxy groups -OCH3 is 1. The Balaban J connectivity index is 1.49. The SMILES string of the molecule is COc1nc(Cl)cc2c1[C@@H](N1CC3(CN(C(C)=O)C3)C1)CC2. The second-order valence-electron chi connectivity index (χ2n) is 6.86. The van der Waals surface area contributed by atoms with Crippen LogP contribution in [0.1, 0.15) is 30.5 Å². The summed E-state index contributed by atoms with van der Waals surface area (Å²) < 4.78 is 5.45. The number of hydrogen-bond acceptors (Lipinski definition) is 4.